The van der Waals surface area contributed by atoms with Crippen LogP contribution in [0.5, 0.6) is 0 Å². The van der Waals surface area contributed by atoms with Gasteiger partial charge in [0, 0.05) is 5.69 Å². The Morgan fingerprint density at radius 2 is 1.70 bits per heavy atom. The summed E-state index contributed by atoms with van der Waals surface area (Å²) in [7, 11) is -3.67. The van der Waals surface area contributed by atoms with Crippen molar-refractivity contribution in [3.63, 3.8) is 0 Å². The molecule has 154 valence electrons. The van der Waals surface area contributed by atoms with Gasteiger partial charge in [0.2, 0.25) is 10.0 Å². The molecule has 1 heterocycles. The average molecular weight is 401 g/mol. The highest BCUT2D eigenvalue weighted by molar-refractivity contribution is 7.92. The van der Waals surface area contributed by atoms with Gasteiger partial charge in [-0.05, 0) is 43.2 Å². The first-order valence-corrected chi connectivity index (χ1v) is 10.9. The van der Waals surface area contributed by atoms with Crippen molar-refractivity contribution in [3.8, 4) is 0 Å². The lowest BCUT2D eigenvalue weighted by Crippen LogP contribution is -2.32. The lowest BCUT2D eigenvalue weighted by Gasteiger charge is -2.21. The molecule has 7 nitrogen and oxygen atoms in total. The fourth-order valence-corrected chi connectivity index (χ4v) is 4.35. The molecule has 0 radical (unpaired) electrons. The third-order valence-electron chi connectivity index (χ3n) is 3.91. The smallest absolute Gasteiger partial charge is 0.418 e. The molecular weight excluding hydrogens is 368 g/mol. The van der Waals surface area contributed by atoms with Gasteiger partial charge in [0.1, 0.15) is 5.69 Å². The second kappa shape index (κ2) is 9.39. The number of hydrogen-bond donors (Lipinski definition) is 2. The maximum atomic E-state index is 12.2. The summed E-state index contributed by atoms with van der Waals surface area (Å²) in [6.07, 6.45) is 3.48. The van der Waals surface area contributed by atoms with E-state index in [0.717, 1.165) is 32.1 Å². The molecule has 1 saturated carbocycles. The molecule has 0 unspecified atom stereocenters. The molecule has 1 aliphatic carbocycles. The summed E-state index contributed by atoms with van der Waals surface area (Å²) in [5.41, 5.74) is -0.378. The number of hydrogen-bond acceptors (Lipinski definition) is 4. The summed E-state index contributed by atoms with van der Waals surface area (Å²) in [6, 6.07) is 2.70. The van der Waals surface area contributed by atoms with E-state index in [4.69, 9.17) is 5.11 Å². The van der Waals surface area contributed by atoms with E-state index in [-0.39, 0.29) is 23.1 Å². The number of carbonyl (C=O) groups is 1. The number of pyridine rings is 1. The van der Waals surface area contributed by atoms with Crippen LogP contribution in [-0.2, 0) is 10.0 Å². The molecule has 2 rings (SSSR count). The Morgan fingerprint density at radius 3 is 2.19 bits per heavy atom. The molecular formula is C19H32N2O5S. The van der Waals surface area contributed by atoms with E-state index < -0.39 is 21.7 Å². The van der Waals surface area contributed by atoms with Crippen LogP contribution in [0.2, 0.25) is 0 Å². The van der Waals surface area contributed by atoms with Crippen molar-refractivity contribution >= 4 is 21.8 Å². The third-order valence-corrected chi connectivity index (χ3v) is 5.36. The maximum absolute atomic E-state index is 12.2. The number of rotatable bonds is 4. The summed E-state index contributed by atoms with van der Waals surface area (Å²) in [4.78, 5) is 23.1. The van der Waals surface area contributed by atoms with Crippen molar-refractivity contribution in [1.29, 1.82) is 0 Å². The highest BCUT2D eigenvalue weighted by Gasteiger charge is 2.23. The highest BCUT2D eigenvalue weighted by Crippen LogP contribution is 2.25. The molecule has 27 heavy (non-hydrogen) atoms. The summed E-state index contributed by atoms with van der Waals surface area (Å²) < 4.78 is 27.1. The van der Waals surface area contributed by atoms with E-state index in [2.05, 4.69) is 32.4 Å². The Labute approximate surface area is 161 Å². The van der Waals surface area contributed by atoms with Gasteiger partial charge in [-0.25, -0.2) is 17.8 Å². The normalized spacial score (nSPS) is 15.6. The minimum absolute atomic E-state index is 0.0343. The number of sulfonamides is 1. The lowest BCUT2D eigenvalue weighted by molar-refractivity contribution is 0.194. The number of nitrogens with one attached hydrogen (secondary N) is 1. The van der Waals surface area contributed by atoms with Crippen LogP contribution < -0.4 is 10.3 Å². The zero-order valence-corrected chi connectivity index (χ0v) is 17.7. The highest BCUT2D eigenvalue weighted by atomic mass is 32.2. The van der Waals surface area contributed by atoms with Gasteiger partial charge in [-0.3, -0.25) is 9.52 Å². The minimum Gasteiger partial charge on any atom is -0.464 e. The molecule has 0 bridgehead atoms. The fraction of sp³-hybridized carbons (Fsp3) is 0.684. The summed E-state index contributed by atoms with van der Waals surface area (Å²) in [5.74, 6) is 0.0614. The van der Waals surface area contributed by atoms with Gasteiger partial charge >= 0.3 is 6.09 Å². The second-order valence-electron chi connectivity index (χ2n) is 8.70. The van der Waals surface area contributed by atoms with E-state index in [9.17, 15) is 18.0 Å². The van der Waals surface area contributed by atoms with Crippen molar-refractivity contribution < 1.29 is 18.3 Å². The Bertz CT molecular complexity index is 794. The van der Waals surface area contributed by atoms with Crippen molar-refractivity contribution in [2.45, 2.75) is 66.7 Å². The van der Waals surface area contributed by atoms with E-state index in [1.165, 1.54) is 19.1 Å². The van der Waals surface area contributed by atoms with Crippen LogP contribution in [0.25, 0.3) is 0 Å². The fourth-order valence-electron chi connectivity index (χ4n) is 2.82. The zero-order valence-electron chi connectivity index (χ0n) is 16.9. The van der Waals surface area contributed by atoms with Gasteiger partial charge in [-0.2, -0.15) is 0 Å². The monoisotopic (exact) mass is 400 g/mol. The van der Waals surface area contributed by atoms with Crippen molar-refractivity contribution in [1.82, 2.24) is 4.57 Å². The van der Waals surface area contributed by atoms with Gasteiger partial charge in [0.25, 0.3) is 5.56 Å². The van der Waals surface area contributed by atoms with Gasteiger partial charge < -0.3 is 5.11 Å². The predicted octanol–water partition coefficient (Wildman–Crippen LogP) is 4.06. The first-order valence-electron chi connectivity index (χ1n) is 9.26. The number of anilines is 1. The van der Waals surface area contributed by atoms with E-state index >= 15 is 0 Å². The van der Waals surface area contributed by atoms with Gasteiger partial charge in [0.15, 0.2) is 0 Å². The Hall–Kier alpha value is -1.83. The Balaban J connectivity index is 0.000000646. The number of nitrogens with zero attached hydrogens (tertiary/aromatic N) is 1. The van der Waals surface area contributed by atoms with Crippen LogP contribution in [0, 0.1) is 18.3 Å². The van der Waals surface area contributed by atoms with Crippen molar-refractivity contribution in [3.05, 3.63) is 28.2 Å². The molecule has 8 heteroatoms. The topological polar surface area (TPSA) is 105 Å². The third kappa shape index (κ3) is 8.60. The van der Waals surface area contributed by atoms with E-state index in [1.54, 1.807) is 0 Å². The quantitative estimate of drug-likeness (QED) is 0.793. The maximum Gasteiger partial charge on any atom is 0.418 e. The zero-order chi connectivity index (χ0) is 20.8. The molecule has 0 atom stereocenters. The Morgan fingerprint density at radius 1 is 1.19 bits per heavy atom. The first kappa shape index (κ1) is 23.2. The summed E-state index contributed by atoms with van der Waals surface area (Å²) in [6.45, 7) is 10.2. The molecule has 1 aromatic rings. The molecule has 0 saturated heterocycles. The second-order valence-corrected chi connectivity index (χ2v) is 10.5. The van der Waals surface area contributed by atoms with Crippen molar-refractivity contribution in [2.75, 3.05) is 10.5 Å². The molecule has 1 aliphatic rings. The van der Waals surface area contributed by atoms with E-state index in [0.29, 0.717) is 9.98 Å². The van der Waals surface area contributed by atoms with Crippen molar-refractivity contribution in [2.24, 2.45) is 11.3 Å². The first-order chi connectivity index (χ1) is 12.3. The average Bonchev–Trinajstić information content (AvgIpc) is 2.49. The predicted molar refractivity (Wildman–Crippen MR) is 108 cm³/mol. The standard InChI is InChI=1S/C14H20N2O5S.C5H12/c1-10-7-8-12(13(17)16(10)14(18)19)15-22(20,21)9-11-5-3-2-4-6-11;1-5(2,3)4/h7-8,11,15H,2-6,9H2,1H3,(H,18,19);1-4H3. The number of aromatic nitrogens is 1. The van der Waals surface area contributed by atoms with Gasteiger partial charge in [0.05, 0.1) is 5.75 Å². The lowest BCUT2D eigenvalue weighted by atomic mass is 9.91. The SMILES string of the molecule is CC(C)(C)C.Cc1ccc(NS(=O)(=O)CC2CCCCC2)c(=O)n1C(=O)O. The number of carboxylic acid groups (broad SMARTS) is 1. The molecule has 0 aliphatic heterocycles. The molecule has 0 aromatic carbocycles. The van der Waals surface area contributed by atoms with Crippen LogP contribution in [0.1, 0.15) is 65.5 Å². The van der Waals surface area contributed by atoms with E-state index in [1.807, 2.05) is 0 Å². The largest absolute Gasteiger partial charge is 0.464 e. The minimum atomic E-state index is -3.67. The van der Waals surface area contributed by atoms with Crippen LogP contribution in [0.15, 0.2) is 16.9 Å². The van der Waals surface area contributed by atoms with Crippen LogP contribution in [0.4, 0.5) is 10.5 Å². The van der Waals surface area contributed by atoms with Crippen LogP contribution in [-0.4, -0.2) is 29.9 Å². The molecule has 0 amide bonds. The van der Waals surface area contributed by atoms with Crippen LogP contribution in [0.3, 0.4) is 0 Å². The molecule has 1 aromatic heterocycles. The number of aryl methyl sites for hydroxylation is 1. The molecule has 2 N–H and O–H groups in total. The van der Waals surface area contributed by atoms with Crippen LogP contribution >= 0.6 is 0 Å². The van der Waals surface area contributed by atoms with Gasteiger partial charge in [-0.1, -0.05) is 47.0 Å². The van der Waals surface area contributed by atoms with Gasteiger partial charge in [-0.15, -0.1) is 0 Å². The molecule has 0 spiro atoms. The summed E-state index contributed by atoms with van der Waals surface area (Å²) in [5, 5.41) is 9.02. The summed E-state index contributed by atoms with van der Waals surface area (Å²) >= 11 is 0. The Kier molecular flexibility index (Phi) is 8.07. The molecule has 1 fully saturated rings.